The van der Waals surface area contributed by atoms with Crippen molar-refractivity contribution in [3.05, 3.63) is 70.2 Å². The predicted octanol–water partition coefficient (Wildman–Crippen LogP) is 4.14. The molecule has 2 aliphatic rings. The largest absolute Gasteiger partial charge is 0.469 e. The molecule has 1 atom stereocenters. The van der Waals surface area contributed by atoms with Crippen LogP contribution in [-0.4, -0.2) is 53.5 Å². The number of thioether (sulfide) groups is 1. The normalized spacial score (nSPS) is 19.3. The highest BCUT2D eigenvalue weighted by atomic mass is 35.5. The monoisotopic (exact) mass is 472 g/mol. The maximum atomic E-state index is 12.9. The minimum Gasteiger partial charge on any atom is -0.469 e. The molecule has 2 aliphatic heterocycles. The second-order valence-corrected chi connectivity index (χ2v) is 9.53. The zero-order chi connectivity index (χ0) is 22.7. The van der Waals surface area contributed by atoms with Gasteiger partial charge >= 0.3 is 5.97 Å². The van der Waals surface area contributed by atoms with Gasteiger partial charge in [0.2, 0.25) is 5.91 Å². The van der Waals surface area contributed by atoms with Crippen LogP contribution in [0.1, 0.15) is 39.7 Å². The molecule has 0 saturated carbocycles. The smallest absolute Gasteiger partial charge is 0.308 e. The number of nitrogens with zero attached hydrogens (tertiary/aromatic N) is 2. The number of likely N-dealkylation sites (tertiary alicyclic amines) is 1. The first-order valence-electron chi connectivity index (χ1n) is 10.6. The summed E-state index contributed by atoms with van der Waals surface area (Å²) < 4.78 is 4.81. The number of halogens is 1. The van der Waals surface area contributed by atoms with Gasteiger partial charge in [-0.3, -0.25) is 14.4 Å². The van der Waals surface area contributed by atoms with Crippen molar-refractivity contribution in [1.82, 2.24) is 9.80 Å². The molecule has 0 bridgehead atoms. The van der Waals surface area contributed by atoms with E-state index in [-0.39, 0.29) is 29.1 Å². The molecule has 168 valence electrons. The van der Waals surface area contributed by atoms with Crippen LogP contribution in [0, 0.1) is 5.92 Å². The van der Waals surface area contributed by atoms with Gasteiger partial charge in [0, 0.05) is 30.2 Å². The Labute approximate surface area is 196 Å². The minimum absolute atomic E-state index is 0.0342. The standard InChI is InChI=1S/C24H25ClN2O4S/c1-31-24(30)19-10-12-26(13-11-19)22(29)17-4-6-18(7-5-17)23-27(21(28)15-32-23)14-16-2-8-20(25)9-3-16/h2-9,19,23H,10-15H2,1H3. The Kier molecular flexibility index (Phi) is 7.06. The van der Waals surface area contributed by atoms with E-state index in [1.807, 2.05) is 53.4 Å². The Bertz CT molecular complexity index is 988. The number of carbonyl (C=O) groups excluding carboxylic acids is 3. The number of methoxy groups -OCH3 is 1. The van der Waals surface area contributed by atoms with Gasteiger partial charge in [0.05, 0.1) is 18.8 Å². The van der Waals surface area contributed by atoms with Crippen molar-refractivity contribution in [2.75, 3.05) is 26.0 Å². The van der Waals surface area contributed by atoms with Gasteiger partial charge in [-0.1, -0.05) is 35.9 Å². The molecule has 2 aromatic carbocycles. The van der Waals surface area contributed by atoms with Crippen LogP contribution in [0.3, 0.4) is 0 Å². The summed E-state index contributed by atoms with van der Waals surface area (Å²) in [6.07, 6.45) is 1.24. The van der Waals surface area contributed by atoms with Gasteiger partial charge < -0.3 is 14.5 Å². The second-order valence-electron chi connectivity index (χ2n) is 8.02. The molecule has 2 heterocycles. The van der Waals surface area contributed by atoms with Gasteiger partial charge in [0.25, 0.3) is 5.91 Å². The quantitative estimate of drug-likeness (QED) is 0.612. The van der Waals surface area contributed by atoms with Crippen LogP contribution in [-0.2, 0) is 20.9 Å². The van der Waals surface area contributed by atoms with Gasteiger partial charge in [-0.2, -0.15) is 0 Å². The molecule has 8 heteroatoms. The van der Waals surface area contributed by atoms with Crippen LogP contribution in [0.5, 0.6) is 0 Å². The average molecular weight is 473 g/mol. The van der Waals surface area contributed by atoms with E-state index in [2.05, 4.69) is 0 Å². The highest BCUT2D eigenvalue weighted by Crippen LogP contribution is 2.39. The van der Waals surface area contributed by atoms with Crippen LogP contribution in [0.15, 0.2) is 48.5 Å². The number of rotatable bonds is 5. The van der Waals surface area contributed by atoms with E-state index < -0.39 is 0 Å². The van der Waals surface area contributed by atoms with E-state index in [1.54, 1.807) is 16.7 Å². The number of carbonyl (C=O) groups is 3. The topological polar surface area (TPSA) is 66.9 Å². The summed E-state index contributed by atoms with van der Waals surface area (Å²) >= 11 is 7.56. The van der Waals surface area contributed by atoms with Crippen molar-refractivity contribution in [2.45, 2.75) is 24.8 Å². The third-order valence-electron chi connectivity index (χ3n) is 5.99. The number of hydrogen-bond donors (Lipinski definition) is 0. The van der Waals surface area contributed by atoms with Crippen LogP contribution in [0.4, 0.5) is 0 Å². The lowest BCUT2D eigenvalue weighted by molar-refractivity contribution is -0.146. The third-order valence-corrected chi connectivity index (χ3v) is 7.50. The lowest BCUT2D eigenvalue weighted by Gasteiger charge is -2.31. The summed E-state index contributed by atoms with van der Waals surface area (Å²) in [5.41, 5.74) is 2.64. The van der Waals surface area contributed by atoms with Crippen molar-refractivity contribution in [2.24, 2.45) is 5.92 Å². The number of hydrogen-bond acceptors (Lipinski definition) is 5. The maximum absolute atomic E-state index is 12.9. The van der Waals surface area contributed by atoms with Crippen LogP contribution < -0.4 is 0 Å². The number of benzene rings is 2. The van der Waals surface area contributed by atoms with Crippen molar-refractivity contribution >= 4 is 41.1 Å². The highest BCUT2D eigenvalue weighted by molar-refractivity contribution is 8.00. The molecule has 0 N–H and O–H groups in total. The van der Waals surface area contributed by atoms with Gasteiger partial charge in [0.1, 0.15) is 5.37 Å². The number of amides is 2. The van der Waals surface area contributed by atoms with Gasteiger partial charge in [0.15, 0.2) is 0 Å². The zero-order valence-electron chi connectivity index (χ0n) is 17.8. The summed E-state index contributed by atoms with van der Waals surface area (Å²) in [6.45, 7) is 1.61. The molecular weight excluding hydrogens is 448 g/mol. The van der Waals surface area contributed by atoms with Crippen molar-refractivity contribution in [3.63, 3.8) is 0 Å². The Balaban J connectivity index is 1.41. The minimum atomic E-state index is -0.201. The van der Waals surface area contributed by atoms with E-state index in [4.69, 9.17) is 16.3 Å². The molecule has 2 saturated heterocycles. The fourth-order valence-electron chi connectivity index (χ4n) is 4.15. The van der Waals surface area contributed by atoms with Crippen LogP contribution >= 0.6 is 23.4 Å². The zero-order valence-corrected chi connectivity index (χ0v) is 19.4. The fraction of sp³-hybridized carbons (Fsp3) is 0.375. The van der Waals surface area contributed by atoms with Crippen molar-refractivity contribution in [1.29, 1.82) is 0 Å². The highest BCUT2D eigenvalue weighted by Gasteiger charge is 2.33. The summed E-state index contributed by atoms with van der Waals surface area (Å²) in [6, 6.07) is 15.0. The van der Waals surface area contributed by atoms with E-state index >= 15 is 0 Å². The van der Waals surface area contributed by atoms with E-state index in [0.717, 1.165) is 11.1 Å². The molecule has 32 heavy (non-hydrogen) atoms. The van der Waals surface area contributed by atoms with Gasteiger partial charge in [-0.15, -0.1) is 11.8 Å². The Morgan fingerprint density at radius 2 is 1.72 bits per heavy atom. The molecular formula is C24H25ClN2O4S. The second kappa shape index (κ2) is 9.96. The number of esters is 1. The SMILES string of the molecule is COC(=O)C1CCN(C(=O)c2ccc(C3SCC(=O)N3Cc3ccc(Cl)cc3)cc2)CC1. The molecule has 0 radical (unpaired) electrons. The Morgan fingerprint density at radius 3 is 2.34 bits per heavy atom. The van der Waals surface area contributed by atoms with Crippen LogP contribution in [0.2, 0.25) is 5.02 Å². The summed E-state index contributed by atoms with van der Waals surface area (Å²) in [5.74, 6) is 0.175. The molecule has 6 nitrogen and oxygen atoms in total. The fourth-order valence-corrected chi connectivity index (χ4v) is 5.46. The Hall–Kier alpha value is -2.51. The summed E-state index contributed by atoms with van der Waals surface area (Å²) in [4.78, 5) is 40.7. The first kappa shape index (κ1) is 22.7. The van der Waals surface area contributed by atoms with Gasteiger partial charge in [-0.25, -0.2) is 0 Å². The lowest BCUT2D eigenvalue weighted by atomic mass is 9.96. The maximum Gasteiger partial charge on any atom is 0.308 e. The summed E-state index contributed by atoms with van der Waals surface area (Å²) in [7, 11) is 1.40. The lowest BCUT2D eigenvalue weighted by Crippen LogP contribution is -2.40. The first-order chi connectivity index (χ1) is 15.5. The van der Waals surface area contributed by atoms with E-state index in [1.165, 1.54) is 7.11 Å². The predicted molar refractivity (Wildman–Crippen MR) is 124 cm³/mol. The molecule has 2 fully saturated rings. The first-order valence-corrected chi connectivity index (χ1v) is 12.0. The average Bonchev–Trinajstić information content (AvgIpc) is 3.19. The Morgan fingerprint density at radius 1 is 1.06 bits per heavy atom. The van der Waals surface area contributed by atoms with E-state index in [9.17, 15) is 14.4 Å². The molecule has 0 aromatic heterocycles. The van der Waals surface area contributed by atoms with Crippen molar-refractivity contribution in [3.8, 4) is 0 Å². The summed E-state index contributed by atoms with van der Waals surface area (Å²) in [5, 5.41) is 0.584. The van der Waals surface area contributed by atoms with Crippen LogP contribution in [0.25, 0.3) is 0 Å². The molecule has 2 amide bonds. The molecule has 0 aliphatic carbocycles. The van der Waals surface area contributed by atoms with Crippen molar-refractivity contribution < 1.29 is 19.1 Å². The molecule has 0 spiro atoms. The molecule has 2 aromatic rings. The van der Waals surface area contributed by atoms with Gasteiger partial charge in [-0.05, 0) is 48.2 Å². The molecule has 4 rings (SSSR count). The van der Waals surface area contributed by atoms with E-state index in [0.29, 0.717) is 48.8 Å². The number of piperidine rings is 1. The third kappa shape index (κ3) is 4.94. The number of ether oxygens (including phenoxy) is 1. The molecule has 1 unspecified atom stereocenters.